The Hall–Kier alpha value is -2.47. The minimum Gasteiger partial charge on any atom is -0.326 e. The average molecular weight is 411 g/mol. The number of aryl methyl sites for hydroxylation is 2. The number of nitrogens with one attached hydrogen (secondary N) is 1. The molecule has 0 aliphatic heterocycles. The topological polar surface area (TPSA) is 59.8 Å². The van der Waals surface area contributed by atoms with Gasteiger partial charge in [0.2, 0.25) is 11.0 Å². The Bertz CT molecular complexity index is 956. The molecule has 0 saturated carbocycles. The zero-order valence-electron chi connectivity index (χ0n) is 17.8. The number of benzene rings is 1. The summed E-state index contributed by atoms with van der Waals surface area (Å²) in [6, 6.07) is 7.97. The fraction of sp³-hybridized carbons (Fsp3) is 0.435. The number of anilines is 1. The third-order valence-corrected chi connectivity index (χ3v) is 6.04. The highest BCUT2D eigenvalue weighted by molar-refractivity contribution is 7.12. The van der Waals surface area contributed by atoms with Crippen molar-refractivity contribution in [2.24, 2.45) is 0 Å². The molecule has 0 aliphatic rings. The Balaban J connectivity index is 1.65. The highest BCUT2D eigenvalue weighted by Crippen LogP contribution is 2.23. The van der Waals surface area contributed by atoms with E-state index < -0.39 is 0 Å². The summed E-state index contributed by atoms with van der Waals surface area (Å²) in [5, 5.41) is 10.4. The third-order valence-electron chi connectivity index (χ3n) is 5.18. The van der Waals surface area contributed by atoms with Crippen LogP contribution in [0.1, 0.15) is 61.3 Å². The molecule has 1 N–H and O–H groups in total. The van der Waals surface area contributed by atoms with Crippen LogP contribution in [0.2, 0.25) is 0 Å². The van der Waals surface area contributed by atoms with E-state index in [0.29, 0.717) is 0 Å². The van der Waals surface area contributed by atoms with Crippen molar-refractivity contribution in [1.29, 1.82) is 0 Å². The summed E-state index contributed by atoms with van der Waals surface area (Å²) in [6.07, 6.45) is 5.95. The van der Waals surface area contributed by atoms with Crippen molar-refractivity contribution in [3.05, 3.63) is 57.9 Å². The molecule has 0 unspecified atom stereocenters. The number of hydrogen-bond donors (Lipinski definition) is 1. The lowest BCUT2D eigenvalue weighted by Crippen LogP contribution is -2.14. The van der Waals surface area contributed by atoms with Gasteiger partial charge in [-0.15, -0.1) is 11.3 Å². The Kier molecular flexibility index (Phi) is 7.20. The van der Waals surface area contributed by atoms with Crippen LogP contribution in [0, 0.1) is 13.8 Å². The molecule has 154 valence electrons. The van der Waals surface area contributed by atoms with Gasteiger partial charge in [-0.25, -0.2) is 9.67 Å². The Labute approximate surface area is 177 Å². The van der Waals surface area contributed by atoms with Crippen LogP contribution in [0.4, 0.5) is 5.69 Å². The Morgan fingerprint density at radius 1 is 1.14 bits per heavy atom. The summed E-state index contributed by atoms with van der Waals surface area (Å²) >= 11 is 1.53. The fourth-order valence-electron chi connectivity index (χ4n) is 3.44. The predicted molar refractivity (Wildman–Crippen MR) is 120 cm³/mol. The molecule has 1 aromatic carbocycles. The van der Waals surface area contributed by atoms with Gasteiger partial charge in [-0.05, 0) is 56.4 Å². The van der Waals surface area contributed by atoms with E-state index in [1.165, 1.54) is 41.7 Å². The van der Waals surface area contributed by atoms with E-state index in [4.69, 9.17) is 5.10 Å². The second-order valence-electron chi connectivity index (χ2n) is 7.42. The van der Waals surface area contributed by atoms with Gasteiger partial charge in [-0.1, -0.05) is 38.8 Å². The van der Waals surface area contributed by atoms with Crippen molar-refractivity contribution in [1.82, 2.24) is 14.8 Å². The van der Waals surface area contributed by atoms with E-state index in [1.54, 1.807) is 0 Å². The molecular weight excluding hydrogens is 380 g/mol. The van der Waals surface area contributed by atoms with Gasteiger partial charge in [0.25, 0.3) is 0 Å². The molecule has 1 amide bonds. The lowest BCUT2D eigenvalue weighted by Gasteiger charge is -2.05. The van der Waals surface area contributed by atoms with E-state index in [2.05, 4.69) is 38.0 Å². The molecule has 0 fully saturated rings. The van der Waals surface area contributed by atoms with Crippen LogP contribution in [0.5, 0.6) is 0 Å². The number of thiazole rings is 1. The molecule has 0 aliphatic carbocycles. The average Bonchev–Trinajstić information content (AvgIpc) is 3.27. The number of unbranched alkanes of at least 4 members (excludes halogenated alkanes) is 2. The highest BCUT2D eigenvalue weighted by Gasteiger charge is 2.16. The van der Waals surface area contributed by atoms with Crippen molar-refractivity contribution in [2.45, 2.75) is 66.2 Å². The SMILES string of the molecule is CCCCCc1c(C)nn(-c2nc(CC(=O)Nc3ccc(CC)cc3)cs2)c1C. The minimum absolute atomic E-state index is 0.0558. The van der Waals surface area contributed by atoms with E-state index in [1.807, 2.05) is 34.3 Å². The Morgan fingerprint density at radius 3 is 2.59 bits per heavy atom. The number of hydrogen-bond acceptors (Lipinski definition) is 4. The normalized spacial score (nSPS) is 11.0. The number of amides is 1. The first kappa shape index (κ1) is 21.2. The molecule has 0 spiro atoms. The second kappa shape index (κ2) is 9.83. The second-order valence-corrected chi connectivity index (χ2v) is 8.25. The van der Waals surface area contributed by atoms with Gasteiger partial charge in [0, 0.05) is 16.8 Å². The summed E-state index contributed by atoms with van der Waals surface area (Å²) in [5.41, 5.74) is 6.39. The number of carbonyl (C=O) groups is 1. The Morgan fingerprint density at radius 2 is 1.90 bits per heavy atom. The summed E-state index contributed by atoms with van der Waals surface area (Å²) in [7, 11) is 0. The molecule has 3 rings (SSSR count). The zero-order valence-corrected chi connectivity index (χ0v) is 18.6. The lowest BCUT2D eigenvalue weighted by molar-refractivity contribution is -0.115. The molecule has 2 heterocycles. The van der Waals surface area contributed by atoms with Gasteiger partial charge in [-0.2, -0.15) is 5.10 Å². The van der Waals surface area contributed by atoms with Gasteiger partial charge in [-0.3, -0.25) is 4.79 Å². The van der Waals surface area contributed by atoms with Gasteiger partial charge >= 0.3 is 0 Å². The summed E-state index contributed by atoms with van der Waals surface area (Å²) in [5.74, 6) is -0.0558. The highest BCUT2D eigenvalue weighted by atomic mass is 32.1. The summed E-state index contributed by atoms with van der Waals surface area (Å²) < 4.78 is 1.92. The van der Waals surface area contributed by atoms with Crippen LogP contribution in [0.3, 0.4) is 0 Å². The van der Waals surface area contributed by atoms with Crippen molar-refractivity contribution < 1.29 is 4.79 Å². The quantitative estimate of drug-likeness (QED) is 0.479. The van der Waals surface area contributed by atoms with E-state index in [-0.39, 0.29) is 12.3 Å². The first-order valence-corrected chi connectivity index (χ1v) is 11.3. The molecule has 0 radical (unpaired) electrons. The van der Waals surface area contributed by atoms with Crippen LogP contribution in [0.25, 0.3) is 5.13 Å². The molecule has 2 aromatic heterocycles. The third kappa shape index (κ3) is 5.32. The predicted octanol–water partition coefficient (Wildman–Crippen LogP) is 5.42. The first-order valence-electron chi connectivity index (χ1n) is 10.4. The molecule has 0 saturated heterocycles. The molecule has 6 heteroatoms. The standard InChI is InChI=1S/C23H30N4OS/c1-5-7-8-9-21-16(3)26-27(17(21)4)23-25-20(15-29-23)14-22(28)24-19-12-10-18(6-2)11-13-19/h10-13,15H,5-9,14H2,1-4H3,(H,24,28). The van der Waals surface area contributed by atoms with Crippen molar-refractivity contribution in [3.63, 3.8) is 0 Å². The van der Waals surface area contributed by atoms with Gasteiger partial charge < -0.3 is 5.32 Å². The van der Waals surface area contributed by atoms with Crippen molar-refractivity contribution in [3.8, 4) is 5.13 Å². The summed E-state index contributed by atoms with van der Waals surface area (Å²) in [4.78, 5) is 17.0. The van der Waals surface area contributed by atoms with Crippen molar-refractivity contribution >= 4 is 22.9 Å². The fourth-order valence-corrected chi connectivity index (χ4v) is 4.27. The smallest absolute Gasteiger partial charge is 0.230 e. The van der Waals surface area contributed by atoms with Crippen LogP contribution in [0.15, 0.2) is 29.6 Å². The minimum atomic E-state index is -0.0558. The number of carbonyl (C=O) groups excluding carboxylic acids is 1. The van der Waals surface area contributed by atoms with Gasteiger partial charge in [0.05, 0.1) is 17.8 Å². The number of nitrogens with zero attached hydrogens (tertiary/aromatic N) is 3. The molecular formula is C23H30N4OS. The van der Waals surface area contributed by atoms with Gasteiger partial charge in [0.15, 0.2) is 0 Å². The monoisotopic (exact) mass is 410 g/mol. The van der Waals surface area contributed by atoms with Crippen molar-refractivity contribution in [2.75, 3.05) is 5.32 Å². The number of aromatic nitrogens is 3. The first-order chi connectivity index (χ1) is 14.0. The zero-order chi connectivity index (χ0) is 20.8. The largest absolute Gasteiger partial charge is 0.326 e. The van der Waals surface area contributed by atoms with Crippen LogP contribution >= 0.6 is 11.3 Å². The molecule has 0 atom stereocenters. The maximum absolute atomic E-state index is 12.4. The van der Waals surface area contributed by atoms with E-state index in [0.717, 1.165) is 40.7 Å². The summed E-state index contributed by atoms with van der Waals surface area (Å²) in [6.45, 7) is 8.51. The molecule has 3 aromatic rings. The maximum Gasteiger partial charge on any atom is 0.230 e. The van der Waals surface area contributed by atoms with E-state index >= 15 is 0 Å². The molecule has 0 bridgehead atoms. The number of rotatable bonds is 9. The van der Waals surface area contributed by atoms with Crippen LogP contribution < -0.4 is 5.32 Å². The van der Waals surface area contributed by atoms with E-state index in [9.17, 15) is 4.79 Å². The maximum atomic E-state index is 12.4. The molecule has 29 heavy (non-hydrogen) atoms. The lowest BCUT2D eigenvalue weighted by atomic mass is 10.1. The molecule has 5 nitrogen and oxygen atoms in total. The van der Waals surface area contributed by atoms with Crippen LogP contribution in [-0.4, -0.2) is 20.7 Å². The van der Waals surface area contributed by atoms with Crippen LogP contribution in [-0.2, 0) is 24.1 Å². The van der Waals surface area contributed by atoms with Gasteiger partial charge in [0.1, 0.15) is 0 Å².